The zero-order valence-electron chi connectivity index (χ0n) is 17.6. The number of anilines is 1. The molecule has 1 aromatic rings. The molecular weight excluding hydrogens is 390 g/mol. The average Bonchev–Trinajstić information content (AvgIpc) is 2.95. The number of rotatable bonds is 5. The van der Waals surface area contributed by atoms with E-state index in [1.807, 2.05) is 42.3 Å². The molecule has 0 radical (unpaired) electrons. The number of urea groups is 1. The Labute approximate surface area is 179 Å². The van der Waals surface area contributed by atoms with Crippen LogP contribution in [0.25, 0.3) is 0 Å². The summed E-state index contributed by atoms with van der Waals surface area (Å²) in [6.45, 7) is 9.30. The van der Waals surface area contributed by atoms with Crippen molar-refractivity contribution in [3.8, 4) is 0 Å². The molecule has 160 valence electrons. The molecule has 29 heavy (non-hydrogen) atoms. The number of carbonyl (C=O) groups excluding carboxylic acids is 2. The van der Waals surface area contributed by atoms with E-state index in [2.05, 4.69) is 26.2 Å². The summed E-state index contributed by atoms with van der Waals surface area (Å²) < 4.78 is 5.84. The Hall–Kier alpha value is -1.79. The number of nitrogens with zero attached hydrogens (tertiary/aromatic N) is 2. The first-order valence-electron chi connectivity index (χ1n) is 10.4. The molecule has 1 saturated heterocycles. The van der Waals surface area contributed by atoms with Crippen molar-refractivity contribution >= 4 is 30.1 Å². The van der Waals surface area contributed by atoms with Crippen LogP contribution in [-0.2, 0) is 9.53 Å². The number of amides is 2. The zero-order valence-corrected chi connectivity index (χ0v) is 18.4. The molecule has 6 nitrogen and oxygen atoms in total. The second-order valence-corrected chi connectivity index (χ2v) is 9.18. The largest absolute Gasteiger partial charge is 0.462 e. The molecule has 0 spiro atoms. The van der Waals surface area contributed by atoms with Gasteiger partial charge in [0.15, 0.2) is 0 Å². The maximum atomic E-state index is 12.5. The van der Waals surface area contributed by atoms with Crippen molar-refractivity contribution in [1.82, 2.24) is 10.4 Å². The third-order valence-corrected chi connectivity index (χ3v) is 7.44. The number of hydrogen-bond donors (Lipinski definition) is 1. The molecule has 1 heterocycles. The lowest BCUT2D eigenvalue weighted by Gasteiger charge is -2.61. The summed E-state index contributed by atoms with van der Waals surface area (Å²) in [5.74, 6) is 1.57. The van der Waals surface area contributed by atoms with Crippen LogP contribution in [0.5, 0.6) is 0 Å². The molecule has 3 saturated carbocycles. The van der Waals surface area contributed by atoms with E-state index in [-0.39, 0.29) is 43.1 Å². The summed E-state index contributed by atoms with van der Waals surface area (Å²) in [7, 11) is 0. The fraction of sp³-hybridized carbons (Fsp3) is 0.636. The van der Waals surface area contributed by atoms with E-state index >= 15 is 0 Å². The minimum Gasteiger partial charge on any atom is -0.462 e. The molecule has 2 amide bonds. The van der Waals surface area contributed by atoms with Gasteiger partial charge in [-0.25, -0.2) is 4.79 Å². The van der Waals surface area contributed by atoms with Crippen molar-refractivity contribution in [3.63, 3.8) is 0 Å². The highest BCUT2D eigenvalue weighted by molar-refractivity contribution is 5.94. The van der Waals surface area contributed by atoms with Crippen molar-refractivity contribution in [3.05, 3.63) is 30.3 Å². The van der Waals surface area contributed by atoms with Crippen LogP contribution in [0.2, 0.25) is 0 Å². The van der Waals surface area contributed by atoms with Gasteiger partial charge in [-0.1, -0.05) is 39.0 Å². The number of hydrogen-bond acceptors (Lipinski definition) is 4. The van der Waals surface area contributed by atoms with Crippen LogP contribution in [0, 0.1) is 23.2 Å². The van der Waals surface area contributed by atoms with Crippen molar-refractivity contribution in [1.29, 1.82) is 0 Å². The second-order valence-electron chi connectivity index (χ2n) is 9.18. The molecule has 2 bridgehead atoms. The maximum absolute atomic E-state index is 12.5. The van der Waals surface area contributed by atoms with E-state index in [0.29, 0.717) is 29.7 Å². The molecule has 5 unspecified atom stereocenters. The van der Waals surface area contributed by atoms with Gasteiger partial charge >= 0.3 is 12.0 Å². The Morgan fingerprint density at radius 3 is 2.52 bits per heavy atom. The molecular formula is C22H32ClN3O3. The molecule has 1 N–H and O–H groups in total. The normalized spacial score (nSPS) is 32.8. The lowest BCUT2D eigenvalue weighted by atomic mass is 9.45. The van der Waals surface area contributed by atoms with E-state index in [0.717, 1.165) is 12.1 Å². The van der Waals surface area contributed by atoms with Crippen molar-refractivity contribution in [2.24, 2.45) is 23.2 Å². The van der Waals surface area contributed by atoms with Crippen LogP contribution in [0.15, 0.2) is 30.3 Å². The summed E-state index contributed by atoms with van der Waals surface area (Å²) in [6, 6.07) is 9.39. The van der Waals surface area contributed by atoms with Gasteiger partial charge in [-0.3, -0.25) is 15.1 Å². The van der Waals surface area contributed by atoms with Crippen LogP contribution in [0.1, 0.15) is 47.0 Å². The summed E-state index contributed by atoms with van der Waals surface area (Å²) in [5.41, 5.74) is 4.09. The average molecular weight is 422 g/mol. The van der Waals surface area contributed by atoms with Gasteiger partial charge in [0.25, 0.3) is 0 Å². The van der Waals surface area contributed by atoms with Crippen LogP contribution >= 0.6 is 12.4 Å². The molecule has 1 aromatic carbocycles. The van der Waals surface area contributed by atoms with Crippen LogP contribution in [0.3, 0.4) is 0 Å². The van der Waals surface area contributed by atoms with Crippen molar-refractivity contribution in [2.45, 2.75) is 59.2 Å². The molecule has 5 atom stereocenters. The summed E-state index contributed by atoms with van der Waals surface area (Å²) >= 11 is 0. The molecule has 7 heteroatoms. The number of halogens is 1. The predicted molar refractivity (Wildman–Crippen MR) is 115 cm³/mol. The highest BCUT2D eigenvalue weighted by Crippen LogP contribution is 2.61. The maximum Gasteiger partial charge on any atom is 0.337 e. The Morgan fingerprint density at radius 2 is 1.90 bits per heavy atom. The van der Waals surface area contributed by atoms with E-state index in [1.165, 1.54) is 6.42 Å². The number of benzene rings is 1. The molecule has 4 aliphatic rings. The van der Waals surface area contributed by atoms with Crippen LogP contribution in [0.4, 0.5) is 10.5 Å². The Kier molecular flexibility index (Phi) is 6.16. The summed E-state index contributed by atoms with van der Waals surface area (Å²) in [6.07, 6.45) is 2.40. The first kappa shape index (κ1) is 21.9. The number of nitrogens with one attached hydrogen (secondary N) is 1. The smallest absolute Gasteiger partial charge is 0.337 e. The van der Waals surface area contributed by atoms with Gasteiger partial charge in [0.1, 0.15) is 12.3 Å². The topological polar surface area (TPSA) is 61.9 Å². The van der Waals surface area contributed by atoms with E-state index in [4.69, 9.17) is 4.74 Å². The Balaban J connectivity index is 0.00000240. The van der Waals surface area contributed by atoms with Gasteiger partial charge in [-0.05, 0) is 55.1 Å². The van der Waals surface area contributed by atoms with E-state index in [9.17, 15) is 9.59 Å². The lowest BCUT2D eigenvalue weighted by Crippen LogP contribution is -2.57. The number of para-hydroxylation sites is 1. The number of carbonyl (C=O) groups is 2. The zero-order chi connectivity index (χ0) is 20.1. The van der Waals surface area contributed by atoms with Gasteiger partial charge in [-0.2, -0.15) is 5.01 Å². The highest BCUT2D eigenvalue weighted by Gasteiger charge is 2.57. The number of hydrazine groups is 1. The van der Waals surface area contributed by atoms with E-state index in [1.54, 1.807) is 4.90 Å². The van der Waals surface area contributed by atoms with Gasteiger partial charge in [-0.15, -0.1) is 12.4 Å². The molecule has 1 aliphatic heterocycles. The van der Waals surface area contributed by atoms with Gasteiger partial charge in [0.05, 0.1) is 6.42 Å². The van der Waals surface area contributed by atoms with Crippen molar-refractivity contribution in [2.75, 3.05) is 11.4 Å². The SMILES string of the molecule is CC1C(OC(=O)CCN2NC(=O)N(c3ccccc3)C2C)CC2CC1C2(C)C.Cl. The molecule has 5 rings (SSSR count). The first-order chi connectivity index (χ1) is 13.3. The lowest BCUT2D eigenvalue weighted by molar-refractivity contribution is -0.186. The number of esters is 1. The van der Waals surface area contributed by atoms with Gasteiger partial charge in [0, 0.05) is 12.2 Å². The molecule has 0 aromatic heterocycles. The monoisotopic (exact) mass is 421 g/mol. The van der Waals surface area contributed by atoms with Crippen LogP contribution in [-0.4, -0.2) is 35.8 Å². The van der Waals surface area contributed by atoms with Crippen molar-refractivity contribution < 1.29 is 14.3 Å². The highest BCUT2D eigenvalue weighted by atomic mass is 35.5. The van der Waals surface area contributed by atoms with Gasteiger partial charge < -0.3 is 4.74 Å². The molecule has 3 aliphatic carbocycles. The number of fused-ring (bicyclic) bond motifs is 2. The molecule has 4 fully saturated rings. The van der Waals surface area contributed by atoms with Crippen LogP contribution < -0.4 is 10.3 Å². The third kappa shape index (κ3) is 3.84. The fourth-order valence-corrected chi connectivity index (χ4v) is 5.44. The van der Waals surface area contributed by atoms with E-state index < -0.39 is 0 Å². The minimum absolute atomic E-state index is 0. The third-order valence-electron chi connectivity index (χ3n) is 7.44. The number of ether oxygens (including phenoxy) is 1. The first-order valence-corrected chi connectivity index (χ1v) is 10.4. The Bertz CT molecular complexity index is 757. The van der Waals surface area contributed by atoms with Gasteiger partial charge in [0.2, 0.25) is 0 Å². The summed E-state index contributed by atoms with van der Waals surface area (Å²) in [4.78, 5) is 26.5. The summed E-state index contributed by atoms with van der Waals surface area (Å²) in [5, 5.41) is 1.81. The quantitative estimate of drug-likeness (QED) is 0.723. The predicted octanol–water partition coefficient (Wildman–Crippen LogP) is 4.21. The minimum atomic E-state index is -0.171. The Morgan fingerprint density at radius 1 is 1.21 bits per heavy atom. The second kappa shape index (κ2) is 8.15. The fourth-order valence-electron chi connectivity index (χ4n) is 5.44. The standard InChI is InChI=1S/C22H31N3O3.ClH/c1-14-18-12-16(22(18,3)4)13-19(14)28-20(26)10-11-24-15(2)25(21(27)23-24)17-8-6-5-7-9-17;/h5-9,14-16,18-19H,10-13H2,1-4H3,(H,23,27);1H.